The lowest BCUT2D eigenvalue weighted by molar-refractivity contribution is 0.0948. The van der Waals surface area contributed by atoms with Crippen LogP contribution in [0.25, 0.3) is 0 Å². The van der Waals surface area contributed by atoms with Crippen molar-refractivity contribution in [2.24, 2.45) is 0 Å². The van der Waals surface area contributed by atoms with Gasteiger partial charge < -0.3 is 15.2 Å². The van der Waals surface area contributed by atoms with Crippen molar-refractivity contribution in [2.75, 3.05) is 7.11 Å². The fourth-order valence-electron chi connectivity index (χ4n) is 1.86. The van der Waals surface area contributed by atoms with E-state index in [1.54, 1.807) is 18.2 Å². The minimum atomic E-state index is -0.614. The number of benzene rings is 2. The molecule has 0 saturated carbocycles. The smallest absolute Gasteiger partial charge is 0.255 e. The summed E-state index contributed by atoms with van der Waals surface area (Å²) in [6.45, 7) is 0.124. The monoisotopic (exact) mass is 309 g/mol. The molecular formula is C15H13ClFNO3. The fraction of sp³-hybridized carbons (Fsp3) is 0.133. The van der Waals surface area contributed by atoms with Gasteiger partial charge in [0.25, 0.3) is 5.91 Å². The Morgan fingerprint density at radius 3 is 2.81 bits per heavy atom. The molecule has 0 aliphatic heterocycles. The van der Waals surface area contributed by atoms with Crippen LogP contribution >= 0.6 is 11.6 Å². The molecule has 0 spiro atoms. The molecular weight excluding hydrogens is 297 g/mol. The second kappa shape index (κ2) is 6.45. The second-order valence-electron chi connectivity index (χ2n) is 4.26. The third-order valence-electron chi connectivity index (χ3n) is 2.93. The minimum absolute atomic E-state index is 0.0116. The number of nitrogens with one attached hydrogen (secondary N) is 1. The summed E-state index contributed by atoms with van der Waals surface area (Å²) < 4.78 is 18.1. The summed E-state index contributed by atoms with van der Waals surface area (Å²) in [6.07, 6.45) is 0. The number of hydrogen-bond donors (Lipinski definition) is 2. The molecule has 2 aromatic carbocycles. The molecule has 0 bridgehead atoms. The van der Waals surface area contributed by atoms with Gasteiger partial charge in [-0.25, -0.2) is 4.39 Å². The third kappa shape index (κ3) is 3.44. The van der Waals surface area contributed by atoms with E-state index in [-0.39, 0.29) is 12.1 Å². The molecule has 0 aliphatic carbocycles. The molecule has 0 heterocycles. The van der Waals surface area contributed by atoms with E-state index < -0.39 is 17.5 Å². The van der Waals surface area contributed by atoms with Crippen molar-refractivity contribution in [3.8, 4) is 11.5 Å². The second-order valence-corrected chi connectivity index (χ2v) is 4.67. The van der Waals surface area contributed by atoms with Crippen LogP contribution in [0, 0.1) is 5.82 Å². The van der Waals surface area contributed by atoms with Gasteiger partial charge in [-0.05, 0) is 24.3 Å². The number of aromatic hydroxyl groups is 1. The number of phenols is 1. The predicted molar refractivity (Wildman–Crippen MR) is 77.2 cm³/mol. The van der Waals surface area contributed by atoms with Gasteiger partial charge in [-0.1, -0.05) is 17.7 Å². The molecule has 0 aliphatic rings. The first-order valence-electron chi connectivity index (χ1n) is 6.11. The van der Waals surface area contributed by atoms with Crippen LogP contribution in [0.15, 0.2) is 36.4 Å². The summed E-state index contributed by atoms with van der Waals surface area (Å²) in [5.41, 5.74) is 0.610. The lowest BCUT2D eigenvalue weighted by Crippen LogP contribution is -2.23. The Hall–Kier alpha value is -2.27. The molecule has 1 amide bonds. The average Bonchev–Trinajstić information content (AvgIpc) is 2.45. The van der Waals surface area contributed by atoms with E-state index in [2.05, 4.69) is 5.32 Å². The molecule has 110 valence electrons. The van der Waals surface area contributed by atoms with Crippen molar-refractivity contribution in [3.05, 3.63) is 58.4 Å². The van der Waals surface area contributed by atoms with Crippen LogP contribution in [0.5, 0.6) is 11.5 Å². The number of phenolic OH excluding ortho intramolecular Hbond substituents is 1. The minimum Gasteiger partial charge on any atom is -0.507 e. The maximum absolute atomic E-state index is 12.9. The molecule has 0 saturated heterocycles. The number of ether oxygens (including phenoxy) is 1. The van der Waals surface area contributed by atoms with E-state index >= 15 is 0 Å². The number of carbonyl (C=O) groups excluding carboxylic acids is 1. The fourth-order valence-corrected chi connectivity index (χ4v) is 2.10. The molecule has 6 heteroatoms. The van der Waals surface area contributed by atoms with Crippen molar-refractivity contribution in [1.29, 1.82) is 0 Å². The SMILES string of the molecule is COc1cccc(Cl)c1CNC(=O)c1ccc(F)cc1O. The van der Waals surface area contributed by atoms with E-state index in [0.717, 1.165) is 12.1 Å². The van der Waals surface area contributed by atoms with Gasteiger partial charge in [-0.2, -0.15) is 0 Å². The first kappa shape index (κ1) is 15.1. The lowest BCUT2D eigenvalue weighted by Gasteiger charge is -2.12. The predicted octanol–water partition coefficient (Wildman–Crippen LogP) is 3.12. The van der Waals surface area contributed by atoms with E-state index in [9.17, 15) is 14.3 Å². The largest absolute Gasteiger partial charge is 0.507 e. The van der Waals surface area contributed by atoms with Crippen LogP contribution in [-0.4, -0.2) is 18.1 Å². The number of amides is 1. The highest BCUT2D eigenvalue weighted by atomic mass is 35.5. The van der Waals surface area contributed by atoms with E-state index in [4.69, 9.17) is 16.3 Å². The van der Waals surface area contributed by atoms with Crippen molar-refractivity contribution in [2.45, 2.75) is 6.54 Å². The van der Waals surface area contributed by atoms with Crippen LogP contribution in [0.2, 0.25) is 5.02 Å². The standard InChI is InChI=1S/C15H13ClFNO3/c1-21-14-4-2-3-12(16)11(14)8-18-15(20)10-6-5-9(17)7-13(10)19/h2-7,19H,8H2,1H3,(H,18,20). The maximum Gasteiger partial charge on any atom is 0.255 e. The topological polar surface area (TPSA) is 58.6 Å². The van der Waals surface area contributed by atoms with Crippen LogP contribution in [0.4, 0.5) is 4.39 Å². The highest BCUT2D eigenvalue weighted by molar-refractivity contribution is 6.31. The Morgan fingerprint density at radius 2 is 2.14 bits per heavy atom. The van der Waals surface area contributed by atoms with Gasteiger partial charge in [0, 0.05) is 23.2 Å². The summed E-state index contributed by atoms with van der Waals surface area (Å²) in [6, 6.07) is 8.33. The first-order chi connectivity index (χ1) is 10.0. The van der Waals surface area contributed by atoms with Gasteiger partial charge in [-0.15, -0.1) is 0 Å². The number of hydrogen-bond acceptors (Lipinski definition) is 3. The number of methoxy groups -OCH3 is 1. The summed E-state index contributed by atoms with van der Waals surface area (Å²) in [5, 5.41) is 12.6. The highest BCUT2D eigenvalue weighted by Gasteiger charge is 2.14. The molecule has 2 N–H and O–H groups in total. The van der Waals surface area contributed by atoms with Crippen molar-refractivity contribution < 1.29 is 19.0 Å². The van der Waals surface area contributed by atoms with Crippen molar-refractivity contribution in [3.63, 3.8) is 0 Å². The molecule has 2 aromatic rings. The quantitative estimate of drug-likeness (QED) is 0.912. The van der Waals surface area contributed by atoms with Crippen LogP contribution in [-0.2, 0) is 6.54 Å². The van der Waals surface area contributed by atoms with Crippen LogP contribution in [0.1, 0.15) is 15.9 Å². The number of rotatable bonds is 4. The molecule has 2 rings (SSSR count). The lowest BCUT2D eigenvalue weighted by atomic mass is 10.1. The van der Waals surface area contributed by atoms with E-state index in [1.165, 1.54) is 13.2 Å². The highest BCUT2D eigenvalue weighted by Crippen LogP contribution is 2.26. The zero-order valence-electron chi connectivity index (χ0n) is 11.2. The van der Waals surface area contributed by atoms with Crippen LogP contribution < -0.4 is 10.1 Å². The molecule has 0 atom stereocenters. The summed E-state index contributed by atoms with van der Waals surface area (Å²) in [7, 11) is 1.50. The van der Waals surface area contributed by atoms with E-state index in [1.807, 2.05) is 0 Å². The average molecular weight is 310 g/mol. The van der Waals surface area contributed by atoms with Gasteiger partial charge in [0.05, 0.1) is 12.7 Å². The van der Waals surface area contributed by atoms with Gasteiger partial charge in [-0.3, -0.25) is 4.79 Å². The molecule has 4 nitrogen and oxygen atoms in total. The Bertz CT molecular complexity index is 676. The number of carbonyl (C=O) groups is 1. The zero-order valence-corrected chi connectivity index (χ0v) is 11.9. The number of halogens is 2. The maximum atomic E-state index is 12.9. The Kier molecular flexibility index (Phi) is 4.65. The first-order valence-corrected chi connectivity index (χ1v) is 6.49. The summed E-state index contributed by atoms with van der Waals surface area (Å²) in [5.74, 6) is -1.02. The zero-order chi connectivity index (χ0) is 15.4. The Balaban J connectivity index is 2.15. The third-order valence-corrected chi connectivity index (χ3v) is 3.28. The van der Waals surface area contributed by atoms with Gasteiger partial charge in [0.1, 0.15) is 17.3 Å². The van der Waals surface area contributed by atoms with Gasteiger partial charge in [0.15, 0.2) is 0 Å². The van der Waals surface area contributed by atoms with Gasteiger partial charge >= 0.3 is 0 Å². The van der Waals surface area contributed by atoms with Gasteiger partial charge in [0.2, 0.25) is 0 Å². The van der Waals surface area contributed by atoms with Crippen molar-refractivity contribution in [1.82, 2.24) is 5.32 Å². The summed E-state index contributed by atoms with van der Waals surface area (Å²) >= 11 is 6.06. The molecule has 21 heavy (non-hydrogen) atoms. The summed E-state index contributed by atoms with van der Waals surface area (Å²) in [4.78, 5) is 12.0. The molecule has 0 radical (unpaired) electrons. The van der Waals surface area contributed by atoms with Crippen molar-refractivity contribution >= 4 is 17.5 Å². The molecule has 0 fully saturated rings. The van der Waals surface area contributed by atoms with E-state index in [0.29, 0.717) is 16.3 Å². The van der Waals surface area contributed by atoms with Crippen LogP contribution in [0.3, 0.4) is 0 Å². The molecule has 0 unspecified atom stereocenters. The molecule has 0 aromatic heterocycles. The Morgan fingerprint density at radius 1 is 1.38 bits per heavy atom. The normalized spacial score (nSPS) is 10.2. The Labute approximate surface area is 126 Å².